The standard InChI is InChI=1S/C14H17N3OS/c1-17-8-7-11-13(9-17)19-14(16-11)15-10-5-3-4-6-12(10)18-2/h3-6H,7-9H2,1-2H3,(H,15,16). The van der Waals surface area contributed by atoms with Crippen molar-refractivity contribution in [1.29, 1.82) is 0 Å². The van der Waals surface area contributed by atoms with E-state index in [-0.39, 0.29) is 0 Å². The van der Waals surface area contributed by atoms with Gasteiger partial charge in [-0.25, -0.2) is 4.98 Å². The zero-order chi connectivity index (χ0) is 13.2. The molecule has 1 N–H and O–H groups in total. The van der Waals surface area contributed by atoms with Crippen molar-refractivity contribution in [3.05, 3.63) is 34.8 Å². The second-order valence-corrected chi connectivity index (χ2v) is 5.79. The van der Waals surface area contributed by atoms with Gasteiger partial charge in [0.25, 0.3) is 0 Å². The van der Waals surface area contributed by atoms with Crippen LogP contribution >= 0.6 is 11.3 Å². The third-order valence-corrected chi connectivity index (χ3v) is 4.27. The van der Waals surface area contributed by atoms with Crippen molar-refractivity contribution in [2.45, 2.75) is 13.0 Å². The molecular formula is C14H17N3OS. The van der Waals surface area contributed by atoms with E-state index in [1.165, 1.54) is 10.6 Å². The predicted molar refractivity (Wildman–Crippen MR) is 78.4 cm³/mol. The van der Waals surface area contributed by atoms with Gasteiger partial charge in [0.2, 0.25) is 0 Å². The Morgan fingerprint density at radius 1 is 1.37 bits per heavy atom. The fourth-order valence-electron chi connectivity index (χ4n) is 2.24. The summed E-state index contributed by atoms with van der Waals surface area (Å²) in [4.78, 5) is 8.37. The lowest BCUT2D eigenvalue weighted by Crippen LogP contribution is -2.25. The van der Waals surface area contributed by atoms with E-state index in [2.05, 4.69) is 22.2 Å². The Morgan fingerprint density at radius 3 is 3.05 bits per heavy atom. The van der Waals surface area contributed by atoms with Gasteiger partial charge >= 0.3 is 0 Å². The Morgan fingerprint density at radius 2 is 2.21 bits per heavy atom. The zero-order valence-electron chi connectivity index (χ0n) is 11.1. The zero-order valence-corrected chi connectivity index (χ0v) is 12.0. The molecule has 0 saturated carbocycles. The van der Waals surface area contributed by atoms with Crippen LogP contribution in [0.3, 0.4) is 0 Å². The van der Waals surface area contributed by atoms with Gasteiger partial charge in [-0.05, 0) is 19.2 Å². The smallest absolute Gasteiger partial charge is 0.187 e. The monoisotopic (exact) mass is 275 g/mol. The van der Waals surface area contributed by atoms with Gasteiger partial charge < -0.3 is 15.0 Å². The molecule has 0 spiro atoms. The largest absolute Gasteiger partial charge is 0.495 e. The van der Waals surface area contributed by atoms with Crippen LogP contribution in [0.5, 0.6) is 5.75 Å². The minimum absolute atomic E-state index is 0.841. The van der Waals surface area contributed by atoms with Gasteiger partial charge in [-0.15, -0.1) is 11.3 Å². The van der Waals surface area contributed by atoms with Crippen molar-refractivity contribution in [2.75, 3.05) is 26.0 Å². The average Bonchev–Trinajstić information content (AvgIpc) is 2.80. The third kappa shape index (κ3) is 2.57. The highest BCUT2D eigenvalue weighted by molar-refractivity contribution is 7.15. The number of hydrogen-bond acceptors (Lipinski definition) is 5. The van der Waals surface area contributed by atoms with Crippen LogP contribution in [0.15, 0.2) is 24.3 Å². The molecule has 19 heavy (non-hydrogen) atoms. The molecule has 1 aromatic carbocycles. The van der Waals surface area contributed by atoms with Crippen molar-refractivity contribution in [3.63, 3.8) is 0 Å². The summed E-state index contributed by atoms with van der Waals surface area (Å²) in [6.45, 7) is 2.09. The summed E-state index contributed by atoms with van der Waals surface area (Å²) in [7, 11) is 3.83. The number of methoxy groups -OCH3 is 1. The van der Waals surface area contributed by atoms with Crippen LogP contribution in [0.1, 0.15) is 10.6 Å². The molecule has 0 saturated heterocycles. The number of nitrogens with zero attached hydrogens (tertiary/aromatic N) is 2. The molecule has 0 fully saturated rings. The van der Waals surface area contributed by atoms with Gasteiger partial charge in [-0.3, -0.25) is 0 Å². The molecule has 0 amide bonds. The maximum Gasteiger partial charge on any atom is 0.187 e. The molecule has 0 radical (unpaired) electrons. The van der Waals surface area contributed by atoms with Gasteiger partial charge in [-0.1, -0.05) is 12.1 Å². The highest BCUT2D eigenvalue weighted by Gasteiger charge is 2.18. The molecule has 1 aliphatic heterocycles. The SMILES string of the molecule is COc1ccccc1Nc1nc2c(s1)CN(C)CC2. The predicted octanol–water partition coefficient (Wildman–Crippen LogP) is 2.88. The van der Waals surface area contributed by atoms with Crippen LogP contribution in [-0.4, -0.2) is 30.6 Å². The van der Waals surface area contributed by atoms with E-state index < -0.39 is 0 Å². The molecule has 3 rings (SSSR count). The van der Waals surface area contributed by atoms with Crippen molar-refractivity contribution < 1.29 is 4.74 Å². The molecule has 0 unspecified atom stereocenters. The first-order valence-corrected chi connectivity index (χ1v) is 7.15. The first-order chi connectivity index (χ1) is 9.26. The molecular weight excluding hydrogens is 258 g/mol. The van der Waals surface area contributed by atoms with E-state index in [1.807, 2.05) is 24.3 Å². The number of benzene rings is 1. The van der Waals surface area contributed by atoms with Gasteiger partial charge in [0.05, 0.1) is 18.5 Å². The van der Waals surface area contributed by atoms with Gasteiger partial charge in [0, 0.05) is 24.4 Å². The lowest BCUT2D eigenvalue weighted by Gasteiger charge is -2.20. The quantitative estimate of drug-likeness (QED) is 0.934. The van der Waals surface area contributed by atoms with E-state index in [4.69, 9.17) is 4.74 Å². The maximum atomic E-state index is 5.34. The Kier molecular flexibility index (Phi) is 3.40. The summed E-state index contributed by atoms with van der Waals surface area (Å²) in [5, 5.41) is 4.31. The Labute approximate surface area is 117 Å². The molecule has 2 heterocycles. The van der Waals surface area contributed by atoms with Gasteiger partial charge in [0.15, 0.2) is 5.13 Å². The number of fused-ring (bicyclic) bond motifs is 1. The van der Waals surface area contributed by atoms with Crippen LogP contribution in [0.4, 0.5) is 10.8 Å². The van der Waals surface area contributed by atoms with E-state index in [0.717, 1.165) is 36.1 Å². The minimum atomic E-state index is 0.841. The second-order valence-electron chi connectivity index (χ2n) is 4.70. The number of hydrogen-bond donors (Lipinski definition) is 1. The van der Waals surface area contributed by atoms with Crippen molar-refractivity contribution in [1.82, 2.24) is 9.88 Å². The highest BCUT2D eigenvalue weighted by atomic mass is 32.1. The highest BCUT2D eigenvalue weighted by Crippen LogP contribution is 2.32. The lowest BCUT2D eigenvalue weighted by atomic mass is 10.2. The Balaban J connectivity index is 1.84. The van der Waals surface area contributed by atoms with E-state index >= 15 is 0 Å². The number of anilines is 2. The number of para-hydroxylation sites is 2. The molecule has 1 aliphatic rings. The van der Waals surface area contributed by atoms with E-state index in [9.17, 15) is 0 Å². The Bertz CT molecular complexity index is 582. The first kappa shape index (κ1) is 12.4. The molecule has 4 nitrogen and oxygen atoms in total. The summed E-state index contributed by atoms with van der Waals surface area (Å²) < 4.78 is 5.34. The van der Waals surface area contributed by atoms with Crippen molar-refractivity contribution in [3.8, 4) is 5.75 Å². The molecule has 0 bridgehead atoms. The average molecular weight is 275 g/mol. The summed E-state index contributed by atoms with van der Waals surface area (Å²) in [6.07, 6.45) is 1.04. The maximum absolute atomic E-state index is 5.34. The van der Waals surface area contributed by atoms with Crippen LogP contribution in [0.2, 0.25) is 0 Å². The molecule has 100 valence electrons. The van der Waals surface area contributed by atoms with Crippen LogP contribution in [0.25, 0.3) is 0 Å². The molecule has 5 heteroatoms. The number of rotatable bonds is 3. The number of thiazole rings is 1. The Hall–Kier alpha value is -1.59. The summed E-state index contributed by atoms with van der Waals surface area (Å²) in [6, 6.07) is 7.91. The number of ether oxygens (including phenoxy) is 1. The minimum Gasteiger partial charge on any atom is -0.495 e. The first-order valence-electron chi connectivity index (χ1n) is 6.33. The lowest BCUT2D eigenvalue weighted by molar-refractivity contribution is 0.314. The van der Waals surface area contributed by atoms with E-state index in [0.29, 0.717) is 0 Å². The summed E-state index contributed by atoms with van der Waals surface area (Å²) in [5.41, 5.74) is 2.20. The molecule has 0 aliphatic carbocycles. The second kappa shape index (κ2) is 5.19. The fraction of sp³-hybridized carbons (Fsp3) is 0.357. The van der Waals surface area contributed by atoms with Crippen LogP contribution in [0, 0.1) is 0 Å². The van der Waals surface area contributed by atoms with Gasteiger partial charge in [-0.2, -0.15) is 0 Å². The van der Waals surface area contributed by atoms with Crippen molar-refractivity contribution >= 4 is 22.2 Å². The normalized spacial score (nSPS) is 15.1. The molecule has 2 aromatic rings. The summed E-state index contributed by atoms with van der Waals surface area (Å²) in [5.74, 6) is 0.841. The van der Waals surface area contributed by atoms with Crippen LogP contribution < -0.4 is 10.1 Å². The number of nitrogens with one attached hydrogen (secondary N) is 1. The fourth-order valence-corrected chi connectivity index (χ4v) is 3.34. The molecule has 1 aromatic heterocycles. The van der Waals surface area contributed by atoms with E-state index in [1.54, 1.807) is 18.4 Å². The molecule has 0 atom stereocenters. The third-order valence-electron chi connectivity index (χ3n) is 3.27. The summed E-state index contributed by atoms with van der Waals surface area (Å²) >= 11 is 1.73. The van der Waals surface area contributed by atoms with Crippen molar-refractivity contribution in [2.24, 2.45) is 0 Å². The van der Waals surface area contributed by atoms with Crippen LogP contribution in [-0.2, 0) is 13.0 Å². The number of aromatic nitrogens is 1. The topological polar surface area (TPSA) is 37.4 Å². The number of likely N-dealkylation sites (N-methyl/N-ethyl adjacent to an activating group) is 1. The van der Waals surface area contributed by atoms with Gasteiger partial charge in [0.1, 0.15) is 5.75 Å².